The van der Waals surface area contributed by atoms with E-state index in [1.54, 1.807) is 0 Å². The minimum atomic E-state index is 0.728. The standard InChI is InChI=1S/C18H26N6/c1-23(2)11-13-9-15(19)5-7-17(13)21-22-18-8-6-16(20)10-14(18)12-24(3)4/h5-10H,11-12,19-20H2,1-4H3. The van der Waals surface area contributed by atoms with Crippen LogP contribution in [0.3, 0.4) is 0 Å². The summed E-state index contributed by atoms with van der Waals surface area (Å²) in [5, 5.41) is 8.90. The molecular weight excluding hydrogens is 300 g/mol. The number of nitrogen functional groups attached to an aromatic ring is 2. The molecule has 2 aromatic rings. The largest absolute Gasteiger partial charge is 0.399 e. The SMILES string of the molecule is CN(C)Cc1cc(N)ccc1N=Nc1ccc(N)cc1CN(C)C. The van der Waals surface area contributed by atoms with Crippen LogP contribution in [0.1, 0.15) is 11.1 Å². The van der Waals surface area contributed by atoms with E-state index in [0.717, 1.165) is 47.0 Å². The second-order valence-electron chi connectivity index (χ2n) is 6.45. The number of anilines is 2. The molecule has 24 heavy (non-hydrogen) atoms. The molecule has 0 saturated carbocycles. The van der Waals surface area contributed by atoms with Crippen LogP contribution in [-0.2, 0) is 13.1 Å². The highest BCUT2D eigenvalue weighted by atomic mass is 15.1. The molecule has 0 saturated heterocycles. The van der Waals surface area contributed by atoms with Gasteiger partial charge < -0.3 is 21.3 Å². The maximum Gasteiger partial charge on any atom is 0.0903 e. The van der Waals surface area contributed by atoms with Gasteiger partial charge in [0.1, 0.15) is 0 Å². The Morgan fingerprint density at radius 3 is 1.42 bits per heavy atom. The van der Waals surface area contributed by atoms with Crippen molar-refractivity contribution < 1.29 is 0 Å². The average Bonchev–Trinajstić information content (AvgIpc) is 2.47. The van der Waals surface area contributed by atoms with Crippen molar-refractivity contribution in [1.29, 1.82) is 0 Å². The normalized spacial score (nSPS) is 11.8. The van der Waals surface area contributed by atoms with E-state index in [1.165, 1.54) is 0 Å². The average molecular weight is 326 g/mol. The molecule has 0 unspecified atom stereocenters. The van der Waals surface area contributed by atoms with Crippen molar-refractivity contribution in [1.82, 2.24) is 9.80 Å². The minimum absolute atomic E-state index is 0.728. The van der Waals surface area contributed by atoms with E-state index in [2.05, 4.69) is 20.0 Å². The molecule has 0 atom stereocenters. The summed E-state index contributed by atoms with van der Waals surface area (Å²) in [5.41, 5.74) is 17.0. The molecule has 0 amide bonds. The van der Waals surface area contributed by atoms with Gasteiger partial charge in [-0.1, -0.05) is 0 Å². The Kier molecular flexibility index (Phi) is 5.89. The maximum absolute atomic E-state index is 5.90. The fourth-order valence-electron chi connectivity index (χ4n) is 2.45. The van der Waals surface area contributed by atoms with Crippen LogP contribution >= 0.6 is 0 Å². The molecular formula is C18H26N6. The van der Waals surface area contributed by atoms with Gasteiger partial charge in [0.25, 0.3) is 0 Å². The Bertz CT molecular complexity index is 660. The lowest BCUT2D eigenvalue weighted by Gasteiger charge is -2.13. The summed E-state index contributed by atoms with van der Waals surface area (Å²) in [6.07, 6.45) is 0. The molecule has 0 aliphatic heterocycles. The van der Waals surface area contributed by atoms with Crippen LogP contribution < -0.4 is 11.5 Å². The molecule has 128 valence electrons. The zero-order valence-corrected chi connectivity index (χ0v) is 14.8. The first-order valence-electron chi connectivity index (χ1n) is 7.83. The molecule has 0 fully saturated rings. The van der Waals surface area contributed by atoms with Gasteiger partial charge in [-0.15, -0.1) is 0 Å². The molecule has 0 aromatic heterocycles. The van der Waals surface area contributed by atoms with E-state index in [0.29, 0.717) is 0 Å². The predicted molar refractivity (Wildman–Crippen MR) is 101 cm³/mol. The lowest BCUT2D eigenvalue weighted by Crippen LogP contribution is -2.11. The highest BCUT2D eigenvalue weighted by molar-refractivity contribution is 5.57. The molecule has 2 rings (SSSR count). The Morgan fingerprint density at radius 1 is 0.708 bits per heavy atom. The van der Waals surface area contributed by atoms with E-state index in [-0.39, 0.29) is 0 Å². The van der Waals surface area contributed by atoms with Crippen LogP contribution in [0.4, 0.5) is 22.7 Å². The fourth-order valence-corrected chi connectivity index (χ4v) is 2.45. The third kappa shape index (κ3) is 5.04. The minimum Gasteiger partial charge on any atom is -0.399 e. The monoisotopic (exact) mass is 326 g/mol. The van der Waals surface area contributed by atoms with Crippen LogP contribution in [0, 0.1) is 0 Å². The lowest BCUT2D eigenvalue weighted by molar-refractivity contribution is 0.402. The second kappa shape index (κ2) is 7.90. The number of hydrogen-bond acceptors (Lipinski definition) is 6. The Balaban J connectivity index is 2.34. The van der Waals surface area contributed by atoms with E-state index in [1.807, 2.05) is 64.6 Å². The van der Waals surface area contributed by atoms with Gasteiger partial charge in [-0.3, -0.25) is 0 Å². The quantitative estimate of drug-likeness (QED) is 0.629. The first kappa shape index (κ1) is 17.9. The van der Waals surface area contributed by atoms with Crippen molar-refractivity contribution in [3.05, 3.63) is 47.5 Å². The van der Waals surface area contributed by atoms with Crippen molar-refractivity contribution in [3.63, 3.8) is 0 Å². The number of nitrogens with two attached hydrogens (primary N) is 2. The van der Waals surface area contributed by atoms with Crippen LogP contribution in [0.2, 0.25) is 0 Å². The van der Waals surface area contributed by atoms with Crippen molar-refractivity contribution in [2.75, 3.05) is 39.7 Å². The molecule has 0 spiro atoms. The van der Waals surface area contributed by atoms with Gasteiger partial charge in [-0.05, 0) is 75.7 Å². The summed E-state index contributed by atoms with van der Waals surface area (Å²) in [5.74, 6) is 0. The summed E-state index contributed by atoms with van der Waals surface area (Å²) in [4.78, 5) is 4.16. The highest BCUT2D eigenvalue weighted by Gasteiger charge is 2.07. The van der Waals surface area contributed by atoms with E-state index in [4.69, 9.17) is 11.5 Å². The third-order valence-electron chi connectivity index (χ3n) is 3.45. The van der Waals surface area contributed by atoms with Gasteiger partial charge >= 0.3 is 0 Å². The van der Waals surface area contributed by atoms with Crippen molar-refractivity contribution in [2.24, 2.45) is 10.2 Å². The van der Waals surface area contributed by atoms with E-state index >= 15 is 0 Å². The van der Waals surface area contributed by atoms with Gasteiger partial charge in [-0.25, -0.2) is 0 Å². The summed E-state index contributed by atoms with van der Waals surface area (Å²) in [6, 6.07) is 11.4. The number of azo groups is 1. The molecule has 4 N–H and O–H groups in total. The maximum atomic E-state index is 5.90. The van der Waals surface area contributed by atoms with Crippen LogP contribution in [0.25, 0.3) is 0 Å². The van der Waals surface area contributed by atoms with Crippen molar-refractivity contribution >= 4 is 22.7 Å². The fraction of sp³-hybridized carbons (Fsp3) is 0.333. The molecule has 0 bridgehead atoms. The second-order valence-corrected chi connectivity index (χ2v) is 6.45. The highest BCUT2D eigenvalue weighted by Crippen LogP contribution is 2.28. The molecule has 2 aromatic carbocycles. The molecule has 0 heterocycles. The van der Waals surface area contributed by atoms with E-state index in [9.17, 15) is 0 Å². The van der Waals surface area contributed by atoms with Crippen molar-refractivity contribution in [2.45, 2.75) is 13.1 Å². The number of hydrogen-bond donors (Lipinski definition) is 2. The van der Waals surface area contributed by atoms with Crippen LogP contribution in [0.15, 0.2) is 46.6 Å². The van der Waals surface area contributed by atoms with Crippen molar-refractivity contribution in [3.8, 4) is 0 Å². The Hall–Kier alpha value is -2.44. The molecule has 0 radical (unpaired) electrons. The van der Waals surface area contributed by atoms with Gasteiger partial charge in [0.2, 0.25) is 0 Å². The number of rotatable bonds is 6. The smallest absolute Gasteiger partial charge is 0.0903 e. The van der Waals surface area contributed by atoms with Crippen LogP contribution in [0.5, 0.6) is 0 Å². The molecule has 6 heteroatoms. The first-order valence-corrected chi connectivity index (χ1v) is 7.83. The lowest BCUT2D eigenvalue weighted by atomic mass is 10.1. The van der Waals surface area contributed by atoms with E-state index < -0.39 is 0 Å². The number of benzene rings is 2. The predicted octanol–water partition coefficient (Wildman–Crippen LogP) is 3.39. The Labute approximate surface area is 143 Å². The zero-order chi connectivity index (χ0) is 17.7. The zero-order valence-electron chi connectivity index (χ0n) is 14.8. The summed E-state index contributed by atoms with van der Waals surface area (Å²) in [6.45, 7) is 1.51. The topological polar surface area (TPSA) is 83.2 Å². The molecule has 0 aliphatic rings. The number of nitrogens with zero attached hydrogens (tertiary/aromatic N) is 4. The van der Waals surface area contributed by atoms with Gasteiger partial charge in [0.15, 0.2) is 0 Å². The molecule has 6 nitrogen and oxygen atoms in total. The summed E-state index contributed by atoms with van der Waals surface area (Å²) >= 11 is 0. The van der Waals surface area contributed by atoms with Gasteiger partial charge in [0, 0.05) is 24.5 Å². The van der Waals surface area contributed by atoms with Crippen LogP contribution in [-0.4, -0.2) is 38.0 Å². The Morgan fingerprint density at radius 2 is 1.08 bits per heavy atom. The van der Waals surface area contributed by atoms with Gasteiger partial charge in [-0.2, -0.15) is 10.2 Å². The van der Waals surface area contributed by atoms with Gasteiger partial charge in [0.05, 0.1) is 11.4 Å². The summed E-state index contributed by atoms with van der Waals surface area (Å²) < 4.78 is 0. The summed E-state index contributed by atoms with van der Waals surface area (Å²) in [7, 11) is 8.05. The third-order valence-corrected chi connectivity index (χ3v) is 3.45. The first-order chi connectivity index (χ1) is 11.3. The molecule has 0 aliphatic carbocycles.